The largest absolute Gasteiger partial charge is 0.0622 e. The third kappa shape index (κ3) is 4.30. The molecule has 0 atom stereocenters. The van der Waals surface area contributed by atoms with Crippen molar-refractivity contribution in [2.75, 3.05) is 0 Å². The van der Waals surface area contributed by atoms with E-state index in [4.69, 9.17) is 0 Å². The highest BCUT2D eigenvalue weighted by Gasteiger charge is 2.20. The lowest BCUT2D eigenvalue weighted by molar-refractivity contribution is 1.62. The monoisotopic (exact) mass is 582 g/mol. The fourth-order valence-corrected chi connectivity index (χ4v) is 7.34. The van der Waals surface area contributed by atoms with Crippen LogP contribution in [0.5, 0.6) is 0 Å². The van der Waals surface area contributed by atoms with Crippen molar-refractivity contribution in [3.8, 4) is 44.5 Å². The molecule has 0 aliphatic heterocycles. The topological polar surface area (TPSA) is 0 Å². The van der Waals surface area contributed by atoms with Gasteiger partial charge in [0.25, 0.3) is 0 Å². The van der Waals surface area contributed by atoms with Crippen molar-refractivity contribution in [3.63, 3.8) is 0 Å². The van der Waals surface area contributed by atoms with Crippen LogP contribution in [0.15, 0.2) is 182 Å². The summed E-state index contributed by atoms with van der Waals surface area (Å²) in [6.07, 6.45) is 0. The number of benzene rings is 9. The van der Waals surface area contributed by atoms with Crippen LogP contribution in [-0.2, 0) is 0 Å². The van der Waals surface area contributed by atoms with Crippen molar-refractivity contribution in [1.29, 1.82) is 0 Å². The Labute approximate surface area is 268 Å². The highest BCUT2D eigenvalue weighted by molar-refractivity contribution is 6.23. The van der Waals surface area contributed by atoms with Gasteiger partial charge in [-0.25, -0.2) is 0 Å². The van der Waals surface area contributed by atoms with Gasteiger partial charge in [-0.3, -0.25) is 0 Å². The molecule has 0 heteroatoms. The van der Waals surface area contributed by atoms with Crippen molar-refractivity contribution in [2.24, 2.45) is 0 Å². The van der Waals surface area contributed by atoms with Gasteiger partial charge >= 0.3 is 0 Å². The van der Waals surface area contributed by atoms with Crippen molar-refractivity contribution >= 4 is 43.1 Å². The van der Waals surface area contributed by atoms with E-state index < -0.39 is 0 Å². The highest BCUT2D eigenvalue weighted by Crippen LogP contribution is 2.47. The van der Waals surface area contributed by atoms with Gasteiger partial charge in [0.1, 0.15) is 0 Å². The summed E-state index contributed by atoms with van der Waals surface area (Å²) in [4.78, 5) is 0. The number of hydrogen-bond acceptors (Lipinski definition) is 0. The minimum absolute atomic E-state index is 1.23. The molecular weight excluding hydrogens is 553 g/mol. The summed E-state index contributed by atoms with van der Waals surface area (Å²) in [5, 5.41) is 10.1. The van der Waals surface area contributed by atoms with Crippen molar-refractivity contribution in [1.82, 2.24) is 0 Å². The molecule has 0 radical (unpaired) electrons. The Morgan fingerprint density at radius 1 is 0.217 bits per heavy atom. The lowest BCUT2D eigenvalue weighted by Crippen LogP contribution is -1.93. The van der Waals surface area contributed by atoms with E-state index in [-0.39, 0.29) is 0 Å². The maximum atomic E-state index is 2.42. The van der Waals surface area contributed by atoms with Crippen LogP contribution in [0.3, 0.4) is 0 Å². The van der Waals surface area contributed by atoms with E-state index in [1.54, 1.807) is 0 Å². The van der Waals surface area contributed by atoms with E-state index in [1.807, 2.05) is 0 Å². The minimum Gasteiger partial charge on any atom is -0.0622 e. The molecular formula is C46H30. The fraction of sp³-hybridized carbons (Fsp3) is 0. The predicted molar refractivity (Wildman–Crippen MR) is 198 cm³/mol. The third-order valence-corrected chi connectivity index (χ3v) is 9.44. The predicted octanol–water partition coefficient (Wildman–Crippen LogP) is 13.0. The Kier molecular flexibility index (Phi) is 6.25. The summed E-state index contributed by atoms with van der Waals surface area (Å²) in [7, 11) is 0. The minimum atomic E-state index is 1.23. The van der Waals surface area contributed by atoms with Crippen molar-refractivity contribution in [2.45, 2.75) is 0 Å². The van der Waals surface area contributed by atoms with Crippen LogP contribution < -0.4 is 0 Å². The zero-order chi connectivity index (χ0) is 30.5. The maximum Gasteiger partial charge on any atom is -0.00201 e. The quantitative estimate of drug-likeness (QED) is 0.181. The first-order valence-corrected chi connectivity index (χ1v) is 15.9. The molecule has 0 saturated heterocycles. The van der Waals surface area contributed by atoms with Crippen molar-refractivity contribution < 1.29 is 0 Å². The Morgan fingerprint density at radius 3 is 1.59 bits per heavy atom. The van der Waals surface area contributed by atoms with E-state index in [0.717, 1.165) is 0 Å². The summed E-state index contributed by atoms with van der Waals surface area (Å²) in [6, 6.07) is 66.6. The fourth-order valence-electron chi connectivity index (χ4n) is 7.34. The van der Waals surface area contributed by atoms with E-state index in [1.165, 1.54) is 87.6 Å². The number of rotatable bonds is 4. The smallest absolute Gasteiger partial charge is 0.00201 e. The Balaban J connectivity index is 1.39. The molecule has 0 N–H and O–H groups in total. The summed E-state index contributed by atoms with van der Waals surface area (Å²) in [5.74, 6) is 0. The molecule has 0 saturated carbocycles. The van der Waals surface area contributed by atoms with Crippen LogP contribution in [0.2, 0.25) is 0 Å². The van der Waals surface area contributed by atoms with Crippen LogP contribution >= 0.6 is 0 Å². The molecule has 9 aromatic carbocycles. The average Bonchev–Trinajstić information content (AvgIpc) is 3.13. The summed E-state index contributed by atoms with van der Waals surface area (Å²) in [5.41, 5.74) is 9.98. The molecule has 0 amide bonds. The van der Waals surface area contributed by atoms with Crippen LogP contribution in [0.25, 0.3) is 87.6 Å². The first-order chi connectivity index (χ1) is 22.8. The van der Waals surface area contributed by atoms with Crippen molar-refractivity contribution in [3.05, 3.63) is 182 Å². The maximum absolute atomic E-state index is 2.42. The zero-order valence-electron chi connectivity index (χ0n) is 25.3. The third-order valence-electron chi connectivity index (χ3n) is 9.44. The first-order valence-electron chi connectivity index (χ1n) is 15.9. The summed E-state index contributed by atoms with van der Waals surface area (Å²) >= 11 is 0. The summed E-state index contributed by atoms with van der Waals surface area (Å²) < 4.78 is 0. The van der Waals surface area contributed by atoms with Crippen LogP contribution in [0.4, 0.5) is 0 Å². The molecule has 214 valence electrons. The Bertz CT molecular complexity index is 2570. The molecule has 9 rings (SSSR count). The standard InChI is InChI=1S/C46H30/c1-2-15-33(16-3-1)45-41-22-10-11-23-42(41)46(40-21-9-8-20-39(40)35-26-25-31-13-4-5-17-34(31)29-35)43-28-27-36(30-44(43)45)38-24-12-18-32-14-6-7-19-37(32)38/h1-30H. The second-order valence-electron chi connectivity index (χ2n) is 12.1. The van der Waals surface area contributed by atoms with E-state index >= 15 is 0 Å². The van der Waals surface area contributed by atoms with Gasteiger partial charge in [-0.2, -0.15) is 0 Å². The second-order valence-corrected chi connectivity index (χ2v) is 12.1. The lowest BCUT2D eigenvalue weighted by atomic mass is 9.82. The average molecular weight is 583 g/mol. The van der Waals surface area contributed by atoms with Gasteiger partial charge in [0, 0.05) is 0 Å². The van der Waals surface area contributed by atoms with E-state index in [2.05, 4.69) is 182 Å². The summed E-state index contributed by atoms with van der Waals surface area (Å²) in [6.45, 7) is 0. The molecule has 46 heavy (non-hydrogen) atoms. The number of fused-ring (bicyclic) bond motifs is 4. The number of hydrogen-bond donors (Lipinski definition) is 0. The zero-order valence-corrected chi connectivity index (χ0v) is 25.3. The first kappa shape index (κ1) is 26.4. The Morgan fingerprint density at radius 2 is 0.761 bits per heavy atom. The molecule has 0 fully saturated rings. The Hall–Kier alpha value is -5.98. The normalized spacial score (nSPS) is 11.5. The highest BCUT2D eigenvalue weighted by atomic mass is 14.2. The van der Waals surface area contributed by atoms with Gasteiger partial charge < -0.3 is 0 Å². The van der Waals surface area contributed by atoms with Gasteiger partial charge in [-0.05, 0) is 99.7 Å². The SMILES string of the molecule is c1ccc(-c2c3ccccc3c(-c3ccccc3-c3ccc4ccccc4c3)c3ccc(-c4cccc5ccccc45)cc23)cc1. The molecule has 0 nitrogen and oxygen atoms in total. The van der Waals surface area contributed by atoms with E-state index in [0.29, 0.717) is 0 Å². The molecule has 9 aromatic rings. The van der Waals surface area contributed by atoms with Crippen LogP contribution in [0, 0.1) is 0 Å². The van der Waals surface area contributed by atoms with Gasteiger partial charge in [0.15, 0.2) is 0 Å². The van der Waals surface area contributed by atoms with Crippen LogP contribution in [-0.4, -0.2) is 0 Å². The van der Waals surface area contributed by atoms with Gasteiger partial charge in [-0.15, -0.1) is 0 Å². The molecule has 0 heterocycles. The van der Waals surface area contributed by atoms with E-state index in [9.17, 15) is 0 Å². The molecule has 0 spiro atoms. The molecule has 0 bridgehead atoms. The second kappa shape index (κ2) is 10.9. The molecule has 0 aromatic heterocycles. The molecule has 0 aliphatic rings. The van der Waals surface area contributed by atoms with Gasteiger partial charge in [0.05, 0.1) is 0 Å². The molecule has 0 unspecified atom stereocenters. The van der Waals surface area contributed by atoms with Gasteiger partial charge in [0.2, 0.25) is 0 Å². The molecule has 0 aliphatic carbocycles. The van der Waals surface area contributed by atoms with Gasteiger partial charge in [-0.1, -0.05) is 170 Å². The van der Waals surface area contributed by atoms with Crippen LogP contribution in [0.1, 0.15) is 0 Å². The lowest BCUT2D eigenvalue weighted by Gasteiger charge is -2.20.